The highest BCUT2D eigenvalue weighted by Gasteiger charge is 2.29. The van der Waals surface area contributed by atoms with E-state index in [1.54, 1.807) is 12.0 Å². The lowest BCUT2D eigenvalue weighted by atomic mass is 10.0. The molecule has 2 N–H and O–H groups in total. The van der Waals surface area contributed by atoms with E-state index in [0.717, 1.165) is 19.4 Å². The van der Waals surface area contributed by atoms with Crippen LogP contribution >= 0.6 is 0 Å². The second-order valence-corrected chi connectivity index (χ2v) is 4.91. The van der Waals surface area contributed by atoms with Gasteiger partial charge in [0.05, 0.1) is 18.8 Å². The third-order valence-electron chi connectivity index (χ3n) is 2.86. The quantitative estimate of drug-likeness (QED) is 0.689. The molecule has 1 fully saturated rings. The minimum absolute atomic E-state index is 0.0973. The fraction of sp³-hybridized carbons (Fsp3) is 0.917. The van der Waals surface area contributed by atoms with Gasteiger partial charge in [0.15, 0.2) is 0 Å². The molecule has 100 valence electrons. The molecule has 0 radical (unpaired) electrons. The standard InChI is InChI=1S/C12H24N2O3/c1-9(2)13-11-5-4-6-14(12(11)16)7-10(15)8-17-3/h9-11,13,15H,4-8H2,1-3H3. The average molecular weight is 244 g/mol. The van der Waals surface area contributed by atoms with Gasteiger partial charge in [-0.1, -0.05) is 13.8 Å². The van der Waals surface area contributed by atoms with Crippen LogP contribution in [0.2, 0.25) is 0 Å². The number of aliphatic hydroxyl groups excluding tert-OH is 1. The van der Waals surface area contributed by atoms with Crippen LogP contribution in [-0.2, 0) is 9.53 Å². The summed E-state index contributed by atoms with van der Waals surface area (Å²) < 4.78 is 4.87. The first kappa shape index (κ1) is 14.4. The van der Waals surface area contributed by atoms with E-state index in [9.17, 15) is 9.90 Å². The fourth-order valence-electron chi connectivity index (χ4n) is 2.18. The van der Waals surface area contributed by atoms with Gasteiger partial charge in [0, 0.05) is 26.2 Å². The number of carbonyl (C=O) groups excluding carboxylic acids is 1. The average Bonchev–Trinajstić information content (AvgIpc) is 2.23. The van der Waals surface area contributed by atoms with Gasteiger partial charge in [0.25, 0.3) is 0 Å². The van der Waals surface area contributed by atoms with Crippen molar-refractivity contribution in [3.63, 3.8) is 0 Å². The number of piperidine rings is 1. The molecule has 5 heteroatoms. The Kier molecular flexibility index (Phi) is 5.88. The van der Waals surface area contributed by atoms with Crippen molar-refractivity contribution in [3.8, 4) is 0 Å². The van der Waals surface area contributed by atoms with Crippen LogP contribution in [0.15, 0.2) is 0 Å². The Morgan fingerprint density at radius 2 is 2.29 bits per heavy atom. The minimum Gasteiger partial charge on any atom is -0.389 e. The number of nitrogens with zero attached hydrogens (tertiary/aromatic N) is 1. The lowest BCUT2D eigenvalue weighted by molar-refractivity contribution is -0.138. The molecular weight excluding hydrogens is 220 g/mol. The maximum atomic E-state index is 12.1. The molecular formula is C12H24N2O3. The van der Waals surface area contributed by atoms with Gasteiger partial charge in [-0.05, 0) is 12.8 Å². The number of amides is 1. The predicted molar refractivity (Wildman–Crippen MR) is 65.8 cm³/mol. The number of likely N-dealkylation sites (tertiary alicyclic amines) is 1. The van der Waals surface area contributed by atoms with Crippen LogP contribution < -0.4 is 5.32 Å². The minimum atomic E-state index is -0.596. The maximum absolute atomic E-state index is 12.1. The van der Waals surface area contributed by atoms with E-state index in [0.29, 0.717) is 12.6 Å². The molecule has 0 bridgehead atoms. The summed E-state index contributed by atoms with van der Waals surface area (Å²) in [6.07, 6.45) is 1.27. The number of rotatable bonds is 6. The molecule has 0 aliphatic carbocycles. The van der Waals surface area contributed by atoms with Crippen molar-refractivity contribution < 1.29 is 14.6 Å². The fourth-order valence-corrected chi connectivity index (χ4v) is 2.18. The Balaban J connectivity index is 2.47. The molecule has 1 aliphatic rings. The third-order valence-corrected chi connectivity index (χ3v) is 2.86. The molecule has 0 aromatic carbocycles. The zero-order valence-electron chi connectivity index (χ0n) is 11.0. The first-order valence-electron chi connectivity index (χ1n) is 6.26. The van der Waals surface area contributed by atoms with Crippen molar-refractivity contribution in [2.45, 2.75) is 44.9 Å². The Morgan fingerprint density at radius 1 is 1.59 bits per heavy atom. The van der Waals surface area contributed by atoms with Gasteiger partial charge in [-0.2, -0.15) is 0 Å². The first-order valence-corrected chi connectivity index (χ1v) is 6.26. The Bertz CT molecular complexity index is 246. The van der Waals surface area contributed by atoms with E-state index in [1.807, 2.05) is 13.8 Å². The predicted octanol–water partition coefficient (Wildman–Crippen LogP) is -0.0173. The van der Waals surface area contributed by atoms with E-state index in [-0.39, 0.29) is 18.6 Å². The van der Waals surface area contributed by atoms with Crippen LogP contribution in [0.5, 0.6) is 0 Å². The molecule has 5 nitrogen and oxygen atoms in total. The number of hydrogen-bond donors (Lipinski definition) is 2. The van der Waals surface area contributed by atoms with Crippen molar-refractivity contribution >= 4 is 5.91 Å². The van der Waals surface area contributed by atoms with Gasteiger partial charge in [-0.25, -0.2) is 0 Å². The highest BCUT2D eigenvalue weighted by Crippen LogP contribution is 2.13. The molecule has 0 saturated carbocycles. The summed E-state index contributed by atoms with van der Waals surface area (Å²) in [6.45, 7) is 5.43. The topological polar surface area (TPSA) is 61.8 Å². The van der Waals surface area contributed by atoms with E-state index in [2.05, 4.69) is 5.32 Å². The second-order valence-electron chi connectivity index (χ2n) is 4.91. The summed E-state index contributed by atoms with van der Waals surface area (Å²) in [4.78, 5) is 13.8. The SMILES string of the molecule is COCC(O)CN1CCCC(NC(C)C)C1=O. The van der Waals surface area contributed by atoms with Crippen molar-refractivity contribution in [1.29, 1.82) is 0 Å². The van der Waals surface area contributed by atoms with Crippen molar-refractivity contribution in [3.05, 3.63) is 0 Å². The molecule has 1 aliphatic heterocycles. The molecule has 1 amide bonds. The molecule has 0 spiro atoms. The summed E-state index contributed by atoms with van der Waals surface area (Å²) in [6, 6.07) is 0.200. The highest BCUT2D eigenvalue weighted by atomic mass is 16.5. The van der Waals surface area contributed by atoms with Gasteiger partial charge in [-0.15, -0.1) is 0 Å². The normalized spacial score (nSPS) is 23.2. The van der Waals surface area contributed by atoms with Crippen molar-refractivity contribution in [1.82, 2.24) is 10.2 Å². The number of nitrogens with one attached hydrogen (secondary N) is 1. The van der Waals surface area contributed by atoms with E-state index >= 15 is 0 Å². The Morgan fingerprint density at radius 3 is 2.88 bits per heavy atom. The van der Waals surface area contributed by atoms with Gasteiger partial charge >= 0.3 is 0 Å². The largest absolute Gasteiger partial charge is 0.389 e. The van der Waals surface area contributed by atoms with Crippen LogP contribution in [0.25, 0.3) is 0 Å². The van der Waals surface area contributed by atoms with Crippen molar-refractivity contribution in [2.75, 3.05) is 26.8 Å². The zero-order valence-corrected chi connectivity index (χ0v) is 11.0. The smallest absolute Gasteiger partial charge is 0.239 e. The molecule has 17 heavy (non-hydrogen) atoms. The van der Waals surface area contributed by atoms with Gasteiger partial charge in [0.2, 0.25) is 5.91 Å². The monoisotopic (exact) mass is 244 g/mol. The molecule has 1 heterocycles. The van der Waals surface area contributed by atoms with Crippen LogP contribution in [0.1, 0.15) is 26.7 Å². The summed E-state index contributed by atoms with van der Waals surface area (Å²) in [5.41, 5.74) is 0. The lowest BCUT2D eigenvalue weighted by Crippen LogP contribution is -2.54. The summed E-state index contributed by atoms with van der Waals surface area (Å²) in [7, 11) is 1.55. The lowest BCUT2D eigenvalue weighted by Gasteiger charge is -2.34. The van der Waals surface area contributed by atoms with Gasteiger partial charge in [0.1, 0.15) is 0 Å². The van der Waals surface area contributed by atoms with Crippen LogP contribution in [0, 0.1) is 0 Å². The molecule has 0 aromatic rings. The zero-order chi connectivity index (χ0) is 12.8. The van der Waals surface area contributed by atoms with Crippen LogP contribution in [0.3, 0.4) is 0 Å². The third kappa shape index (κ3) is 4.61. The van der Waals surface area contributed by atoms with E-state index < -0.39 is 6.10 Å². The summed E-state index contributed by atoms with van der Waals surface area (Å²) in [5, 5.41) is 12.9. The number of β-amino-alcohol motifs (C(OH)–C–C–N with tert-alkyl or cyclic N) is 1. The van der Waals surface area contributed by atoms with E-state index in [4.69, 9.17) is 4.74 Å². The molecule has 0 aromatic heterocycles. The molecule has 2 atom stereocenters. The van der Waals surface area contributed by atoms with Crippen LogP contribution in [-0.4, -0.2) is 60.9 Å². The highest BCUT2D eigenvalue weighted by molar-refractivity contribution is 5.82. The van der Waals surface area contributed by atoms with Gasteiger partial charge in [-0.3, -0.25) is 4.79 Å². The summed E-state index contributed by atoms with van der Waals surface area (Å²) in [5.74, 6) is 0.0973. The number of methoxy groups -OCH3 is 1. The molecule has 1 rings (SSSR count). The number of aliphatic hydroxyl groups is 1. The number of ether oxygens (including phenoxy) is 1. The maximum Gasteiger partial charge on any atom is 0.239 e. The number of hydrogen-bond acceptors (Lipinski definition) is 4. The second kappa shape index (κ2) is 6.93. The summed E-state index contributed by atoms with van der Waals surface area (Å²) >= 11 is 0. The van der Waals surface area contributed by atoms with Crippen LogP contribution in [0.4, 0.5) is 0 Å². The van der Waals surface area contributed by atoms with E-state index in [1.165, 1.54) is 0 Å². The van der Waals surface area contributed by atoms with Gasteiger partial charge < -0.3 is 20.1 Å². The van der Waals surface area contributed by atoms with Crippen molar-refractivity contribution in [2.24, 2.45) is 0 Å². The Hall–Kier alpha value is -0.650. The number of carbonyl (C=O) groups is 1. The first-order chi connectivity index (χ1) is 8.04. The Labute approximate surface area is 103 Å². The molecule has 2 unspecified atom stereocenters. The molecule has 1 saturated heterocycles.